The fourth-order valence-electron chi connectivity index (χ4n) is 2.80. The molecule has 0 unspecified atom stereocenters. The van der Waals surface area contributed by atoms with Crippen LogP contribution in [0.4, 0.5) is 0 Å². The van der Waals surface area contributed by atoms with Crippen molar-refractivity contribution < 1.29 is 9.59 Å². The van der Waals surface area contributed by atoms with Gasteiger partial charge in [-0.2, -0.15) is 5.10 Å². The first-order chi connectivity index (χ1) is 9.03. The van der Waals surface area contributed by atoms with Crippen molar-refractivity contribution in [3.05, 3.63) is 0 Å². The highest BCUT2D eigenvalue weighted by molar-refractivity contribution is 6.39. The molecule has 0 bridgehead atoms. The minimum Gasteiger partial charge on any atom is -0.349 e. The van der Waals surface area contributed by atoms with Crippen LogP contribution < -0.4 is 10.7 Å². The molecule has 2 amide bonds. The average molecular weight is 266 g/mol. The summed E-state index contributed by atoms with van der Waals surface area (Å²) in [6, 6.07) is 0. The molecule has 6 nitrogen and oxygen atoms in total. The molecule has 19 heavy (non-hydrogen) atoms. The Kier molecular flexibility index (Phi) is 4.19. The van der Waals surface area contributed by atoms with Crippen molar-refractivity contribution in [1.29, 1.82) is 0 Å². The van der Waals surface area contributed by atoms with Crippen LogP contribution in [0.1, 0.15) is 38.5 Å². The van der Waals surface area contributed by atoms with Crippen LogP contribution in [-0.2, 0) is 9.59 Å². The fourth-order valence-corrected chi connectivity index (χ4v) is 2.80. The summed E-state index contributed by atoms with van der Waals surface area (Å²) >= 11 is 0. The summed E-state index contributed by atoms with van der Waals surface area (Å²) in [7, 11) is 4.13. The quantitative estimate of drug-likeness (QED) is 0.765. The second-order valence-corrected chi connectivity index (χ2v) is 5.60. The molecule has 106 valence electrons. The number of carbonyl (C=O) groups is 2. The van der Waals surface area contributed by atoms with E-state index in [1.807, 2.05) is 0 Å². The van der Waals surface area contributed by atoms with Gasteiger partial charge in [-0.25, -0.2) is 5.43 Å². The van der Waals surface area contributed by atoms with Crippen molar-refractivity contribution in [2.24, 2.45) is 5.10 Å². The van der Waals surface area contributed by atoms with Gasteiger partial charge in [0, 0.05) is 24.9 Å². The Hall–Kier alpha value is -1.43. The number of likely N-dealkylation sites (N-methyl/N-ethyl adjacent to an activating group) is 1. The van der Waals surface area contributed by atoms with E-state index >= 15 is 0 Å². The van der Waals surface area contributed by atoms with E-state index < -0.39 is 0 Å². The van der Waals surface area contributed by atoms with Gasteiger partial charge in [-0.1, -0.05) is 12.8 Å². The highest BCUT2D eigenvalue weighted by Gasteiger charge is 2.36. The molecule has 2 N–H and O–H groups in total. The van der Waals surface area contributed by atoms with Crippen LogP contribution in [0.25, 0.3) is 0 Å². The molecule has 0 aromatic heterocycles. The Morgan fingerprint density at radius 3 is 2.58 bits per heavy atom. The second kappa shape index (κ2) is 5.69. The molecule has 0 aromatic rings. The van der Waals surface area contributed by atoms with Crippen LogP contribution in [0, 0.1) is 0 Å². The molecule has 1 aliphatic carbocycles. The Balaban J connectivity index is 1.91. The standard InChI is InChI=1S/C13H22N4O2/c1-17(2)13(7-3-4-8-13)9-14-12(19)10-5-6-11(18)16-15-10/h3-9H2,1-2H3,(H,14,19)(H,16,18). The zero-order chi connectivity index (χ0) is 13.9. The molecule has 6 heteroatoms. The molecule has 1 saturated carbocycles. The van der Waals surface area contributed by atoms with Gasteiger partial charge in [0.1, 0.15) is 5.71 Å². The largest absolute Gasteiger partial charge is 0.349 e. The van der Waals surface area contributed by atoms with Crippen LogP contribution >= 0.6 is 0 Å². The SMILES string of the molecule is CN(C)C1(CNC(=O)C2=NNC(=O)CC2)CCCC1. The second-order valence-electron chi connectivity index (χ2n) is 5.60. The van der Waals surface area contributed by atoms with Gasteiger partial charge >= 0.3 is 0 Å². The normalized spacial score (nSPS) is 22.1. The van der Waals surface area contributed by atoms with Crippen molar-refractivity contribution in [3.63, 3.8) is 0 Å². The van der Waals surface area contributed by atoms with Gasteiger partial charge in [0.15, 0.2) is 0 Å². The highest BCUT2D eigenvalue weighted by Crippen LogP contribution is 2.33. The number of rotatable bonds is 4. The van der Waals surface area contributed by atoms with E-state index in [-0.39, 0.29) is 17.4 Å². The third-order valence-electron chi connectivity index (χ3n) is 4.23. The summed E-state index contributed by atoms with van der Waals surface area (Å²) < 4.78 is 0. The first kappa shape index (κ1) is 14.0. The predicted molar refractivity (Wildman–Crippen MR) is 72.7 cm³/mol. The Labute approximate surface area is 113 Å². The topological polar surface area (TPSA) is 73.8 Å². The molecule has 1 heterocycles. The van der Waals surface area contributed by atoms with E-state index in [1.54, 1.807) is 0 Å². The first-order valence-electron chi connectivity index (χ1n) is 6.84. The summed E-state index contributed by atoms with van der Waals surface area (Å²) in [4.78, 5) is 25.2. The fraction of sp³-hybridized carbons (Fsp3) is 0.769. The van der Waals surface area contributed by atoms with Crippen molar-refractivity contribution in [2.45, 2.75) is 44.1 Å². The minimum absolute atomic E-state index is 0.0775. The zero-order valence-corrected chi connectivity index (χ0v) is 11.7. The van der Waals surface area contributed by atoms with E-state index in [0.29, 0.717) is 25.1 Å². The maximum atomic E-state index is 12.0. The van der Waals surface area contributed by atoms with Gasteiger partial charge in [0.05, 0.1) is 0 Å². The highest BCUT2D eigenvalue weighted by atomic mass is 16.2. The number of hydrazone groups is 1. The van der Waals surface area contributed by atoms with Gasteiger partial charge in [-0.15, -0.1) is 0 Å². The summed E-state index contributed by atoms with van der Waals surface area (Å²) in [6.07, 6.45) is 5.42. The Morgan fingerprint density at radius 1 is 1.37 bits per heavy atom. The number of carbonyl (C=O) groups excluding carboxylic acids is 2. The number of nitrogens with one attached hydrogen (secondary N) is 2. The first-order valence-corrected chi connectivity index (χ1v) is 6.84. The van der Waals surface area contributed by atoms with Crippen LogP contribution in [0.3, 0.4) is 0 Å². The molecule has 0 aromatic carbocycles. The summed E-state index contributed by atoms with van der Waals surface area (Å²) in [5.41, 5.74) is 2.85. The lowest BCUT2D eigenvalue weighted by Crippen LogP contribution is -2.52. The lowest BCUT2D eigenvalue weighted by molar-refractivity contribution is -0.121. The third kappa shape index (κ3) is 3.12. The van der Waals surface area contributed by atoms with Crippen LogP contribution in [0.2, 0.25) is 0 Å². The number of hydrogen-bond acceptors (Lipinski definition) is 4. The molecule has 1 fully saturated rings. The molecule has 0 spiro atoms. The van der Waals surface area contributed by atoms with E-state index in [2.05, 4.69) is 34.8 Å². The van der Waals surface area contributed by atoms with Crippen LogP contribution in [0.15, 0.2) is 5.10 Å². The minimum atomic E-state index is -0.159. The molecular weight excluding hydrogens is 244 g/mol. The summed E-state index contributed by atoms with van der Waals surface area (Å²) in [5, 5.41) is 6.78. The predicted octanol–water partition coefficient (Wildman–Crippen LogP) is 0.243. The van der Waals surface area contributed by atoms with Gasteiger partial charge in [0.25, 0.3) is 5.91 Å². The van der Waals surface area contributed by atoms with Crippen LogP contribution in [-0.4, -0.2) is 48.6 Å². The van der Waals surface area contributed by atoms with Crippen molar-refractivity contribution in [2.75, 3.05) is 20.6 Å². The van der Waals surface area contributed by atoms with Crippen molar-refractivity contribution >= 4 is 17.5 Å². The maximum absolute atomic E-state index is 12.0. The molecule has 0 radical (unpaired) electrons. The molecule has 0 atom stereocenters. The number of nitrogens with zero attached hydrogens (tertiary/aromatic N) is 2. The molecule has 0 saturated heterocycles. The van der Waals surface area contributed by atoms with E-state index in [1.165, 1.54) is 12.8 Å². The van der Waals surface area contributed by atoms with Gasteiger partial charge in [0.2, 0.25) is 5.91 Å². The monoisotopic (exact) mass is 266 g/mol. The lowest BCUT2D eigenvalue weighted by Gasteiger charge is -2.36. The van der Waals surface area contributed by atoms with Gasteiger partial charge in [-0.05, 0) is 26.9 Å². The van der Waals surface area contributed by atoms with Gasteiger partial charge in [-0.3, -0.25) is 9.59 Å². The average Bonchev–Trinajstić information content (AvgIpc) is 2.87. The molecular formula is C13H22N4O2. The molecule has 1 aliphatic heterocycles. The lowest BCUT2D eigenvalue weighted by atomic mass is 9.96. The van der Waals surface area contributed by atoms with E-state index in [0.717, 1.165) is 12.8 Å². The summed E-state index contributed by atoms with van der Waals surface area (Å²) in [6.45, 7) is 0.645. The van der Waals surface area contributed by atoms with Crippen LogP contribution in [0.5, 0.6) is 0 Å². The zero-order valence-electron chi connectivity index (χ0n) is 11.7. The van der Waals surface area contributed by atoms with Crippen molar-refractivity contribution in [1.82, 2.24) is 15.6 Å². The molecule has 2 rings (SSSR count). The smallest absolute Gasteiger partial charge is 0.267 e. The number of hydrogen-bond donors (Lipinski definition) is 2. The maximum Gasteiger partial charge on any atom is 0.267 e. The van der Waals surface area contributed by atoms with Gasteiger partial charge < -0.3 is 10.2 Å². The van der Waals surface area contributed by atoms with E-state index in [4.69, 9.17) is 0 Å². The summed E-state index contributed by atoms with van der Waals surface area (Å²) in [5.74, 6) is -0.287. The van der Waals surface area contributed by atoms with Crippen molar-refractivity contribution in [3.8, 4) is 0 Å². The number of amides is 2. The molecule has 2 aliphatic rings. The Bertz CT molecular complexity index is 397. The Morgan fingerprint density at radius 2 is 2.05 bits per heavy atom. The van der Waals surface area contributed by atoms with E-state index in [9.17, 15) is 9.59 Å². The third-order valence-corrected chi connectivity index (χ3v) is 4.23.